The molecule has 0 heterocycles. The number of benzene rings is 3. The predicted octanol–water partition coefficient (Wildman–Crippen LogP) is 6.43. The highest BCUT2D eigenvalue weighted by Crippen LogP contribution is 2.24. The molecule has 3 aromatic rings. The lowest BCUT2D eigenvalue weighted by molar-refractivity contribution is -0.142. The molecule has 0 aliphatic heterocycles. The highest BCUT2D eigenvalue weighted by Gasteiger charge is 2.30. The molecule has 1 atom stereocenters. The second kappa shape index (κ2) is 13.5. The van der Waals surface area contributed by atoms with Gasteiger partial charge in [0.1, 0.15) is 11.8 Å². The Kier molecular flexibility index (Phi) is 10.4. The number of carbonyl (C=O) groups excluding carboxylic acids is 2. The van der Waals surface area contributed by atoms with Gasteiger partial charge < -0.3 is 15.0 Å². The van der Waals surface area contributed by atoms with Crippen LogP contribution in [0, 0.1) is 5.92 Å². The summed E-state index contributed by atoms with van der Waals surface area (Å²) in [7, 11) is 0. The third-order valence-electron chi connectivity index (χ3n) is 6.30. The maximum atomic E-state index is 13.7. The number of hydrogen-bond acceptors (Lipinski definition) is 3. The molecule has 3 aromatic carbocycles. The Morgan fingerprint density at radius 1 is 0.895 bits per heavy atom. The molecule has 0 aliphatic carbocycles. The second-order valence-electron chi connectivity index (χ2n) is 11.1. The first kappa shape index (κ1) is 29.2. The van der Waals surface area contributed by atoms with E-state index in [0.29, 0.717) is 23.7 Å². The van der Waals surface area contributed by atoms with Crippen LogP contribution in [0.1, 0.15) is 51.3 Å². The topological polar surface area (TPSA) is 58.6 Å². The van der Waals surface area contributed by atoms with Crippen molar-refractivity contribution < 1.29 is 14.3 Å². The van der Waals surface area contributed by atoms with E-state index in [1.807, 2.05) is 80.6 Å². The number of ether oxygens (including phenoxy) is 1. The Morgan fingerprint density at radius 2 is 1.53 bits per heavy atom. The van der Waals surface area contributed by atoms with Gasteiger partial charge in [0.25, 0.3) is 5.91 Å². The van der Waals surface area contributed by atoms with Crippen LogP contribution in [0.2, 0.25) is 5.02 Å². The summed E-state index contributed by atoms with van der Waals surface area (Å²) in [6.45, 7) is 11.2. The Balaban J connectivity index is 1.87. The molecule has 1 N–H and O–H groups in total. The van der Waals surface area contributed by atoms with E-state index in [2.05, 4.69) is 26.1 Å². The van der Waals surface area contributed by atoms with Gasteiger partial charge in [-0.25, -0.2) is 0 Å². The van der Waals surface area contributed by atoms with E-state index in [-0.39, 0.29) is 36.3 Å². The van der Waals surface area contributed by atoms with Gasteiger partial charge in [-0.05, 0) is 52.3 Å². The van der Waals surface area contributed by atoms with Crippen LogP contribution in [0.5, 0.6) is 5.75 Å². The summed E-state index contributed by atoms with van der Waals surface area (Å²) in [4.78, 5) is 28.8. The average molecular weight is 535 g/mol. The normalized spacial score (nSPS) is 12.2. The molecular weight excluding hydrogens is 496 g/mol. The third kappa shape index (κ3) is 8.91. The van der Waals surface area contributed by atoms with Gasteiger partial charge in [-0.15, -0.1) is 0 Å². The van der Waals surface area contributed by atoms with Crippen molar-refractivity contribution >= 4 is 23.4 Å². The summed E-state index contributed by atoms with van der Waals surface area (Å²) < 4.78 is 5.91. The largest absolute Gasteiger partial charge is 0.484 e. The summed E-state index contributed by atoms with van der Waals surface area (Å²) in [6, 6.07) is 24.2. The number of carbonyl (C=O) groups is 2. The van der Waals surface area contributed by atoms with Crippen molar-refractivity contribution in [3.8, 4) is 5.75 Å². The van der Waals surface area contributed by atoms with Crippen molar-refractivity contribution in [1.82, 2.24) is 10.2 Å². The Bertz CT molecular complexity index is 1170. The standard InChI is InChI=1S/C32H39ClN2O3/c1-23(2)20-34-31(37)29(19-24-9-7-6-8-10-24)35(21-25-11-15-27(33)16-12-25)30(36)22-38-28-17-13-26(14-18-28)32(3,4)5/h6-18,23,29H,19-22H2,1-5H3,(H,34,37)/t29-/m1/s1. The van der Waals surface area contributed by atoms with Crippen LogP contribution in [0.25, 0.3) is 0 Å². The van der Waals surface area contributed by atoms with Crippen molar-refractivity contribution in [2.45, 2.75) is 59.0 Å². The monoisotopic (exact) mass is 534 g/mol. The first-order chi connectivity index (χ1) is 18.0. The summed E-state index contributed by atoms with van der Waals surface area (Å²) in [5.74, 6) is 0.456. The predicted molar refractivity (Wildman–Crippen MR) is 154 cm³/mol. The van der Waals surface area contributed by atoms with Crippen molar-refractivity contribution in [3.63, 3.8) is 0 Å². The fourth-order valence-electron chi connectivity index (χ4n) is 4.04. The molecular formula is C32H39ClN2O3. The molecule has 2 amide bonds. The lowest BCUT2D eigenvalue weighted by atomic mass is 9.87. The molecule has 38 heavy (non-hydrogen) atoms. The second-order valence-corrected chi connectivity index (χ2v) is 11.5. The SMILES string of the molecule is CC(C)CNC(=O)[C@@H](Cc1ccccc1)N(Cc1ccc(Cl)cc1)C(=O)COc1ccc(C(C)(C)C)cc1. The summed E-state index contributed by atoms with van der Waals surface area (Å²) >= 11 is 6.09. The van der Waals surface area contributed by atoms with Crippen LogP contribution < -0.4 is 10.1 Å². The smallest absolute Gasteiger partial charge is 0.261 e. The minimum absolute atomic E-state index is 0.0255. The number of nitrogens with one attached hydrogen (secondary N) is 1. The summed E-state index contributed by atoms with van der Waals surface area (Å²) in [5, 5.41) is 3.65. The highest BCUT2D eigenvalue weighted by atomic mass is 35.5. The Morgan fingerprint density at radius 3 is 2.11 bits per heavy atom. The van der Waals surface area contributed by atoms with Gasteiger partial charge in [0.2, 0.25) is 5.91 Å². The van der Waals surface area contributed by atoms with Crippen LogP contribution in [-0.2, 0) is 28.0 Å². The molecule has 5 nitrogen and oxygen atoms in total. The van der Waals surface area contributed by atoms with Gasteiger partial charge in [0, 0.05) is 24.5 Å². The molecule has 0 fully saturated rings. The molecule has 0 radical (unpaired) electrons. The zero-order chi connectivity index (χ0) is 27.7. The third-order valence-corrected chi connectivity index (χ3v) is 6.56. The lowest BCUT2D eigenvalue weighted by Gasteiger charge is -2.31. The van der Waals surface area contributed by atoms with Gasteiger partial charge >= 0.3 is 0 Å². The summed E-state index contributed by atoms with van der Waals surface area (Å²) in [6.07, 6.45) is 0.393. The van der Waals surface area contributed by atoms with E-state index in [1.54, 1.807) is 17.0 Å². The van der Waals surface area contributed by atoms with Crippen molar-refractivity contribution in [2.75, 3.05) is 13.2 Å². The first-order valence-corrected chi connectivity index (χ1v) is 13.5. The van der Waals surface area contributed by atoms with E-state index in [1.165, 1.54) is 5.56 Å². The van der Waals surface area contributed by atoms with E-state index in [4.69, 9.17) is 16.3 Å². The number of hydrogen-bond donors (Lipinski definition) is 1. The van der Waals surface area contributed by atoms with Crippen molar-refractivity contribution in [1.29, 1.82) is 0 Å². The van der Waals surface area contributed by atoms with Gasteiger partial charge in [-0.3, -0.25) is 9.59 Å². The summed E-state index contributed by atoms with van der Waals surface area (Å²) in [5.41, 5.74) is 3.07. The molecule has 0 unspecified atom stereocenters. The Hall–Kier alpha value is -3.31. The fourth-order valence-corrected chi connectivity index (χ4v) is 4.17. The number of amides is 2. The first-order valence-electron chi connectivity index (χ1n) is 13.1. The zero-order valence-electron chi connectivity index (χ0n) is 23.0. The minimum atomic E-state index is -0.703. The highest BCUT2D eigenvalue weighted by molar-refractivity contribution is 6.30. The minimum Gasteiger partial charge on any atom is -0.484 e. The number of nitrogens with zero attached hydrogens (tertiary/aromatic N) is 1. The van der Waals surface area contributed by atoms with Gasteiger partial charge in [-0.2, -0.15) is 0 Å². The maximum absolute atomic E-state index is 13.7. The van der Waals surface area contributed by atoms with E-state index >= 15 is 0 Å². The van der Waals surface area contributed by atoms with Crippen LogP contribution in [0.4, 0.5) is 0 Å². The molecule has 0 aliphatic rings. The van der Waals surface area contributed by atoms with Crippen LogP contribution in [0.15, 0.2) is 78.9 Å². The maximum Gasteiger partial charge on any atom is 0.261 e. The van der Waals surface area contributed by atoms with E-state index < -0.39 is 6.04 Å². The fraction of sp³-hybridized carbons (Fsp3) is 0.375. The molecule has 0 saturated carbocycles. The van der Waals surface area contributed by atoms with Crippen molar-refractivity contribution in [3.05, 3.63) is 101 Å². The van der Waals surface area contributed by atoms with Gasteiger partial charge in [0.15, 0.2) is 6.61 Å². The average Bonchev–Trinajstić information content (AvgIpc) is 2.89. The van der Waals surface area contributed by atoms with Crippen LogP contribution in [-0.4, -0.2) is 35.9 Å². The molecule has 0 bridgehead atoms. The molecule has 0 spiro atoms. The van der Waals surface area contributed by atoms with Crippen LogP contribution >= 0.6 is 11.6 Å². The van der Waals surface area contributed by atoms with E-state index in [0.717, 1.165) is 11.1 Å². The van der Waals surface area contributed by atoms with Gasteiger partial charge in [0.05, 0.1) is 0 Å². The Labute approximate surface area is 232 Å². The van der Waals surface area contributed by atoms with Gasteiger partial charge in [-0.1, -0.05) is 101 Å². The lowest BCUT2D eigenvalue weighted by Crippen LogP contribution is -2.52. The number of halogens is 1. The molecule has 6 heteroatoms. The van der Waals surface area contributed by atoms with E-state index in [9.17, 15) is 9.59 Å². The quantitative estimate of drug-likeness (QED) is 0.308. The molecule has 0 aromatic heterocycles. The molecule has 0 saturated heterocycles. The van der Waals surface area contributed by atoms with Crippen molar-refractivity contribution in [2.24, 2.45) is 5.92 Å². The van der Waals surface area contributed by atoms with Crippen LogP contribution in [0.3, 0.4) is 0 Å². The molecule has 202 valence electrons. The number of rotatable bonds is 11. The zero-order valence-corrected chi connectivity index (χ0v) is 23.8. The molecule has 3 rings (SSSR count).